The fourth-order valence-corrected chi connectivity index (χ4v) is 3.04. The molecular formula is C22H37NO3. The van der Waals surface area contributed by atoms with Crippen LogP contribution < -0.4 is 10.1 Å². The van der Waals surface area contributed by atoms with Gasteiger partial charge in [0.05, 0.1) is 6.10 Å². The fourth-order valence-electron chi connectivity index (χ4n) is 3.04. The number of unbranched alkanes of at least 4 members (excludes halogenated alkanes) is 2. The highest BCUT2D eigenvalue weighted by Gasteiger charge is 2.33. The molecule has 1 amide bonds. The smallest absolute Gasteiger partial charge is 0.256 e. The molecule has 0 aliphatic carbocycles. The Labute approximate surface area is 159 Å². The van der Waals surface area contributed by atoms with E-state index in [2.05, 4.69) is 26.1 Å². The van der Waals surface area contributed by atoms with Crippen LogP contribution in [0.4, 0.5) is 5.69 Å². The van der Waals surface area contributed by atoms with Gasteiger partial charge in [0.25, 0.3) is 5.91 Å². The van der Waals surface area contributed by atoms with Crippen LogP contribution in [0.5, 0.6) is 5.75 Å². The number of ether oxygens (including phenoxy) is 2. The summed E-state index contributed by atoms with van der Waals surface area (Å²) in [6.07, 6.45) is 5.08. The van der Waals surface area contributed by atoms with Gasteiger partial charge in [0, 0.05) is 12.3 Å². The summed E-state index contributed by atoms with van der Waals surface area (Å²) in [6.45, 7) is 14.7. The van der Waals surface area contributed by atoms with Gasteiger partial charge in [-0.15, -0.1) is 0 Å². The van der Waals surface area contributed by atoms with Crippen molar-refractivity contribution in [1.29, 1.82) is 0 Å². The maximum atomic E-state index is 12.9. The Bertz CT molecular complexity index is 562. The van der Waals surface area contributed by atoms with E-state index in [1.54, 1.807) is 0 Å². The monoisotopic (exact) mass is 363 g/mol. The van der Waals surface area contributed by atoms with Crippen molar-refractivity contribution >= 4 is 11.6 Å². The Kier molecular flexibility index (Phi) is 9.14. The molecule has 0 heterocycles. The molecule has 0 saturated heterocycles. The number of carbonyl (C=O) groups excluding carboxylic acids is 1. The predicted molar refractivity (Wildman–Crippen MR) is 109 cm³/mol. The second kappa shape index (κ2) is 10.6. The van der Waals surface area contributed by atoms with Crippen molar-refractivity contribution in [1.82, 2.24) is 0 Å². The van der Waals surface area contributed by atoms with Crippen molar-refractivity contribution in [2.75, 3.05) is 11.9 Å². The van der Waals surface area contributed by atoms with Gasteiger partial charge in [0.15, 0.2) is 0 Å². The highest BCUT2D eigenvalue weighted by atomic mass is 16.5. The average Bonchev–Trinajstić information content (AvgIpc) is 2.58. The molecule has 148 valence electrons. The van der Waals surface area contributed by atoms with Crippen LogP contribution in [0.3, 0.4) is 0 Å². The van der Waals surface area contributed by atoms with Gasteiger partial charge in [-0.1, -0.05) is 33.1 Å². The Hall–Kier alpha value is -1.55. The molecule has 0 fully saturated rings. The van der Waals surface area contributed by atoms with Gasteiger partial charge >= 0.3 is 0 Å². The number of aryl methyl sites for hydroxylation is 2. The fraction of sp³-hybridized carbons (Fsp3) is 0.682. The molecule has 1 aromatic rings. The molecule has 0 aliphatic rings. The number of anilines is 1. The Balaban J connectivity index is 2.93. The van der Waals surface area contributed by atoms with E-state index in [1.807, 2.05) is 39.8 Å². The standard InChI is InChI=1S/C22H37NO3/c1-8-11-12-13-22(7,25-10-3)21(24)23-19-14-16(4)20(17(5)15-19)26-18(6)9-2/h14-15,18H,8-13H2,1-7H3,(H,23,24)/t18-,22+/m0/s1. The maximum absolute atomic E-state index is 12.9. The molecule has 0 radical (unpaired) electrons. The molecule has 0 bridgehead atoms. The zero-order valence-electron chi connectivity index (χ0n) is 17.7. The summed E-state index contributed by atoms with van der Waals surface area (Å²) in [5.74, 6) is 0.831. The molecule has 0 unspecified atom stereocenters. The lowest BCUT2D eigenvalue weighted by molar-refractivity contribution is -0.139. The molecule has 4 nitrogen and oxygen atoms in total. The third kappa shape index (κ3) is 6.31. The second-order valence-corrected chi connectivity index (χ2v) is 7.35. The van der Waals surface area contributed by atoms with Gasteiger partial charge < -0.3 is 14.8 Å². The molecule has 1 aromatic carbocycles. The minimum Gasteiger partial charge on any atom is -0.490 e. The first-order valence-electron chi connectivity index (χ1n) is 10.0. The summed E-state index contributed by atoms with van der Waals surface area (Å²) in [5.41, 5.74) is 2.06. The van der Waals surface area contributed by atoms with Gasteiger partial charge in [-0.3, -0.25) is 4.79 Å². The highest BCUT2D eigenvalue weighted by molar-refractivity contribution is 5.97. The molecule has 0 aromatic heterocycles. The molecule has 0 spiro atoms. The van der Waals surface area contributed by atoms with Crippen LogP contribution in [0.1, 0.15) is 77.8 Å². The summed E-state index contributed by atoms with van der Waals surface area (Å²) >= 11 is 0. The average molecular weight is 364 g/mol. The van der Waals surface area contributed by atoms with E-state index >= 15 is 0 Å². The van der Waals surface area contributed by atoms with E-state index in [0.717, 1.165) is 54.7 Å². The largest absolute Gasteiger partial charge is 0.490 e. The normalized spacial score (nSPS) is 14.6. The Morgan fingerprint density at radius 2 is 1.77 bits per heavy atom. The van der Waals surface area contributed by atoms with Crippen LogP contribution in [-0.2, 0) is 9.53 Å². The number of benzene rings is 1. The molecule has 26 heavy (non-hydrogen) atoms. The van der Waals surface area contributed by atoms with E-state index in [9.17, 15) is 4.79 Å². The molecule has 0 aliphatic heterocycles. The maximum Gasteiger partial charge on any atom is 0.256 e. The quantitative estimate of drug-likeness (QED) is 0.506. The van der Waals surface area contributed by atoms with Crippen LogP contribution in [0.2, 0.25) is 0 Å². The van der Waals surface area contributed by atoms with Gasteiger partial charge in [0.2, 0.25) is 0 Å². The summed E-state index contributed by atoms with van der Waals surface area (Å²) in [6, 6.07) is 3.95. The number of amides is 1. The van der Waals surface area contributed by atoms with Gasteiger partial charge in [-0.25, -0.2) is 0 Å². The van der Waals surface area contributed by atoms with Gasteiger partial charge in [-0.2, -0.15) is 0 Å². The molecule has 0 saturated carbocycles. The molecule has 1 rings (SSSR count). The highest BCUT2D eigenvalue weighted by Crippen LogP contribution is 2.30. The van der Waals surface area contributed by atoms with Crippen molar-refractivity contribution in [3.8, 4) is 5.75 Å². The first-order valence-corrected chi connectivity index (χ1v) is 10.0. The minimum atomic E-state index is -0.794. The first-order chi connectivity index (χ1) is 12.3. The van der Waals surface area contributed by atoms with Crippen LogP contribution in [0.25, 0.3) is 0 Å². The summed E-state index contributed by atoms with van der Waals surface area (Å²) in [7, 11) is 0. The SMILES string of the molecule is CCCCC[C@@](C)(OCC)C(=O)Nc1cc(C)c(O[C@@H](C)CC)c(C)c1. The van der Waals surface area contributed by atoms with Crippen molar-refractivity contribution in [2.45, 2.75) is 92.3 Å². The van der Waals surface area contributed by atoms with Crippen LogP contribution in [-0.4, -0.2) is 24.2 Å². The third-order valence-electron chi connectivity index (χ3n) is 4.81. The van der Waals surface area contributed by atoms with E-state index in [1.165, 1.54) is 0 Å². The third-order valence-corrected chi connectivity index (χ3v) is 4.81. The lowest BCUT2D eigenvalue weighted by atomic mass is 9.96. The molecule has 2 atom stereocenters. The summed E-state index contributed by atoms with van der Waals surface area (Å²) in [5, 5.41) is 3.05. The summed E-state index contributed by atoms with van der Waals surface area (Å²) < 4.78 is 11.8. The molecule has 1 N–H and O–H groups in total. The lowest BCUT2D eigenvalue weighted by Crippen LogP contribution is -2.42. The van der Waals surface area contributed by atoms with Crippen molar-refractivity contribution in [3.05, 3.63) is 23.3 Å². The summed E-state index contributed by atoms with van der Waals surface area (Å²) in [4.78, 5) is 12.9. The van der Waals surface area contributed by atoms with Crippen LogP contribution >= 0.6 is 0 Å². The van der Waals surface area contributed by atoms with E-state index in [-0.39, 0.29) is 12.0 Å². The second-order valence-electron chi connectivity index (χ2n) is 7.35. The Morgan fingerprint density at radius 1 is 1.15 bits per heavy atom. The number of hydrogen-bond donors (Lipinski definition) is 1. The van der Waals surface area contributed by atoms with E-state index in [0.29, 0.717) is 6.61 Å². The van der Waals surface area contributed by atoms with E-state index in [4.69, 9.17) is 9.47 Å². The van der Waals surface area contributed by atoms with Gasteiger partial charge in [0.1, 0.15) is 11.4 Å². The van der Waals surface area contributed by atoms with Crippen molar-refractivity contribution in [2.24, 2.45) is 0 Å². The van der Waals surface area contributed by atoms with Gasteiger partial charge in [-0.05, 0) is 70.7 Å². The number of rotatable bonds is 11. The first kappa shape index (κ1) is 22.5. The Morgan fingerprint density at radius 3 is 2.27 bits per heavy atom. The predicted octanol–water partition coefficient (Wildman–Crippen LogP) is 5.79. The van der Waals surface area contributed by atoms with Crippen molar-refractivity contribution < 1.29 is 14.3 Å². The number of nitrogens with one attached hydrogen (secondary N) is 1. The zero-order valence-corrected chi connectivity index (χ0v) is 17.7. The zero-order chi connectivity index (χ0) is 19.7. The topological polar surface area (TPSA) is 47.6 Å². The van der Waals surface area contributed by atoms with E-state index < -0.39 is 5.60 Å². The lowest BCUT2D eigenvalue weighted by Gasteiger charge is -2.28. The number of carbonyl (C=O) groups is 1. The molecular weight excluding hydrogens is 326 g/mol. The number of hydrogen-bond acceptors (Lipinski definition) is 3. The van der Waals surface area contributed by atoms with Crippen molar-refractivity contribution in [3.63, 3.8) is 0 Å². The van der Waals surface area contributed by atoms with Crippen LogP contribution in [0.15, 0.2) is 12.1 Å². The minimum absolute atomic E-state index is 0.0788. The van der Waals surface area contributed by atoms with Crippen LogP contribution in [0, 0.1) is 13.8 Å². The molecule has 4 heteroatoms.